The van der Waals surface area contributed by atoms with Crippen molar-refractivity contribution in [2.45, 2.75) is 78.4 Å². The molecule has 0 unspecified atom stereocenters. The van der Waals surface area contributed by atoms with E-state index >= 15 is 0 Å². The van der Waals surface area contributed by atoms with Crippen LogP contribution >= 0.6 is 12.4 Å². The van der Waals surface area contributed by atoms with Crippen molar-refractivity contribution in [3.63, 3.8) is 0 Å². The second kappa shape index (κ2) is 21.3. The molecule has 0 aliphatic carbocycles. The zero-order chi connectivity index (χ0) is 30.1. The van der Waals surface area contributed by atoms with Gasteiger partial charge in [-0.15, -0.1) is 12.4 Å². The molecule has 10 nitrogen and oxygen atoms in total. The zero-order valence-corrected chi connectivity index (χ0v) is 26.2. The molecule has 4 atom stereocenters. The van der Waals surface area contributed by atoms with Gasteiger partial charge >= 0.3 is 0 Å². The molecule has 3 amide bonds. The van der Waals surface area contributed by atoms with Gasteiger partial charge in [-0.25, -0.2) is 0 Å². The molecule has 0 aliphatic rings. The molecule has 236 valence electrons. The Kier molecular flexibility index (Phi) is 20.1. The van der Waals surface area contributed by atoms with Crippen LogP contribution in [0.15, 0.2) is 24.3 Å². The predicted molar refractivity (Wildman–Crippen MR) is 164 cm³/mol. The summed E-state index contributed by atoms with van der Waals surface area (Å²) < 4.78 is 10.9. The van der Waals surface area contributed by atoms with E-state index in [2.05, 4.69) is 24.5 Å². The van der Waals surface area contributed by atoms with E-state index in [1.165, 1.54) is 0 Å². The van der Waals surface area contributed by atoms with Crippen molar-refractivity contribution in [2.75, 3.05) is 33.4 Å². The maximum Gasteiger partial charge on any atom is 0.255 e. The lowest BCUT2D eigenvalue weighted by atomic mass is 9.83. The molecule has 0 heterocycles. The first-order valence-electron chi connectivity index (χ1n) is 14.5. The third-order valence-corrected chi connectivity index (χ3v) is 7.20. The quantitative estimate of drug-likeness (QED) is 0.135. The Morgan fingerprint density at radius 3 is 2.22 bits per heavy atom. The van der Waals surface area contributed by atoms with Gasteiger partial charge in [0, 0.05) is 45.2 Å². The van der Waals surface area contributed by atoms with Gasteiger partial charge in [-0.05, 0) is 62.0 Å². The monoisotopic (exact) mass is 600 g/mol. The number of aliphatic hydroxyl groups excluding tert-OH is 1. The van der Waals surface area contributed by atoms with Gasteiger partial charge < -0.3 is 36.7 Å². The standard InChI is InChI=1S/C30H52N4O6.ClH/c1-20(2)22(19-34-29(37)23-11-6-7-12-27(23)40-16-9-8-15-39-5)17-25(31)26(35)18-24(21(3)4)30(38)33-14-10-13-28(32)36;/h6-7,11-12,20-22,24-26,35H,8-10,13-19,31H2,1-5H3,(H2,32,36)(H,33,38)(H,34,37);1H/t22-,24+,25+,26+;/m1./s1. The fraction of sp³-hybridized carbons (Fsp3) is 0.700. The number of amides is 3. The molecule has 0 saturated heterocycles. The van der Waals surface area contributed by atoms with Crippen LogP contribution in [0.4, 0.5) is 0 Å². The van der Waals surface area contributed by atoms with Gasteiger partial charge in [0.05, 0.1) is 18.3 Å². The van der Waals surface area contributed by atoms with Crippen LogP contribution in [0, 0.1) is 23.7 Å². The van der Waals surface area contributed by atoms with Crippen molar-refractivity contribution in [3.8, 4) is 5.75 Å². The first-order valence-corrected chi connectivity index (χ1v) is 14.5. The number of para-hydroxylation sites is 1. The molecule has 0 spiro atoms. The Bertz CT molecular complexity index is 901. The minimum absolute atomic E-state index is 0. The number of halogens is 1. The van der Waals surface area contributed by atoms with E-state index < -0.39 is 24.0 Å². The van der Waals surface area contributed by atoms with Crippen molar-refractivity contribution >= 4 is 30.1 Å². The lowest BCUT2D eigenvalue weighted by molar-refractivity contribution is -0.128. The number of ether oxygens (including phenoxy) is 2. The summed E-state index contributed by atoms with van der Waals surface area (Å²) in [7, 11) is 1.66. The van der Waals surface area contributed by atoms with Crippen LogP contribution in [-0.4, -0.2) is 68.4 Å². The van der Waals surface area contributed by atoms with Crippen molar-refractivity contribution in [1.29, 1.82) is 0 Å². The van der Waals surface area contributed by atoms with E-state index in [1.807, 2.05) is 19.9 Å². The number of hydrogen-bond acceptors (Lipinski definition) is 7. The SMILES string of the molecule is COCCCCOc1ccccc1C(=O)NC[C@@H](C[C@H](N)[C@@H](O)C[C@H](C(=O)NCCCC(N)=O)C(C)C)C(C)C.Cl. The Morgan fingerprint density at radius 1 is 0.951 bits per heavy atom. The van der Waals surface area contributed by atoms with Crippen LogP contribution in [-0.2, 0) is 14.3 Å². The molecule has 0 radical (unpaired) electrons. The summed E-state index contributed by atoms with van der Waals surface area (Å²) >= 11 is 0. The Hall–Kier alpha value is -2.40. The Balaban J connectivity index is 0.0000160. The number of aliphatic hydroxyl groups is 1. The number of methoxy groups -OCH3 is 1. The molecule has 1 aromatic carbocycles. The maximum absolute atomic E-state index is 13.0. The molecule has 0 saturated carbocycles. The molecular weight excluding hydrogens is 548 g/mol. The highest BCUT2D eigenvalue weighted by Crippen LogP contribution is 2.24. The summed E-state index contributed by atoms with van der Waals surface area (Å²) in [6, 6.07) is 6.61. The first-order chi connectivity index (χ1) is 19.0. The number of primary amides is 1. The number of carbonyl (C=O) groups excluding carboxylic acids is 3. The molecule has 41 heavy (non-hydrogen) atoms. The van der Waals surface area contributed by atoms with Crippen LogP contribution in [0.25, 0.3) is 0 Å². The van der Waals surface area contributed by atoms with Gasteiger partial charge in [-0.2, -0.15) is 0 Å². The second-order valence-electron chi connectivity index (χ2n) is 11.2. The molecule has 0 bridgehead atoms. The largest absolute Gasteiger partial charge is 0.493 e. The molecule has 0 fully saturated rings. The van der Waals surface area contributed by atoms with Gasteiger partial charge in [0.15, 0.2) is 0 Å². The normalized spacial score (nSPS) is 14.1. The smallest absolute Gasteiger partial charge is 0.255 e. The van der Waals surface area contributed by atoms with Gasteiger partial charge in [0.2, 0.25) is 11.8 Å². The van der Waals surface area contributed by atoms with Gasteiger partial charge in [-0.1, -0.05) is 39.8 Å². The molecule has 0 aromatic heterocycles. The summed E-state index contributed by atoms with van der Waals surface area (Å²) in [5.74, 6) is -0.441. The zero-order valence-electron chi connectivity index (χ0n) is 25.4. The summed E-state index contributed by atoms with van der Waals surface area (Å²) in [5.41, 5.74) is 12.0. The molecule has 0 aliphatic heterocycles. The van der Waals surface area contributed by atoms with E-state index in [-0.39, 0.29) is 54.8 Å². The first kappa shape index (κ1) is 38.6. The average Bonchev–Trinajstić information content (AvgIpc) is 2.91. The van der Waals surface area contributed by atoms with Gasteiger partial charge in [-0.3, -0.25) is 14.4 Å². The molecule has 1 aromatic rings. The van der Waals surface area contributed by atoms with Crippen molar-refractivity contribution in [3.05, 3.63) is 29.8 Å². The minimum Gasteiger partial charge on any atom is -0.493 e. The lowest BCUT2D eigenvalue weighted by Gasteiger charge is -2.30. The van der Waals surface area contributed by atoms with E-state index in [0.29, 0.717) is 50.5 Å². The van der Waals surface area contributed by atoms with E-state index in [9.17, 15) is 19.5 Å². The van der Waals surface area contributed by atoms with E-state index in [4.69, 9.17) is 20.9 Å². The number of carbonyl (C=O) groups is 3. The predicted octanol–water partition coefficient (Wildman–Crippen LogP) is 3.04. The fourth-order valence-corrected chi connectivity index (χ4v) is 4.45. The van der Waals surface area contributed by atoms with Crippen LogP contribution in [0.3, 0.4) is 0 Å². The number of hydrogen-bond donors (Lipinski definition) is 5. The summed E-state index contributed by atoms with van der Waals surface area (Å²) in [6.07, 6.45) is 2.23. The highest BCUT2D eigenvalue weighted by Gasteiger charge is 2.29. The minimum atomic E-state index is -0.882. The van der Waals surface area contributed by atoms with Crippen molar-refractivity contribution < 1.29 is 29.0 Å². The third kappa shape index (κ3) is 15.4. The number of nitrogens with one attached hydrogen (secondary N) is 2. The number of benzene rings is 1. The topological polar surface area (TPSA) is 166 Å². The Morgan fingerprint density at radius 2 is 1.61 bits per heavy atom. The second-order valence-corrected chi connectivity index (χ2v) is 11.2. The van der Waals surface area contributed by atoms with E-state index in [0.717, 1.165) is 12.8 Å². The summed E-state index contributed by atoms with van der Waals surface area (Å²) in [6.45, 7) is 9.89. The number of unbranched alkanes of at least 4 members (excludes halogenated alkanes) is 1. The van der Waals surface area contributed by atoms with Crippen LogP contribution in [0.2, 0.25) is 0 Å². The third-order valence-electron chi connectivity index (χ3n) is 7.20. The molecule has 7 N–H and O–H groups in total. The fourth-order valence-electron chi connectivity index (χ4n) is 4.45. The lowest BCUT2D eigenvalue weighted by Crippen LogP contribution is -2.44. The molecule has 11 heteroatoms. The highest BCUT2D eigenvalue weighted by molar-refractivity contribution is 5.96. The van der Waals surface area contributed by atoms with Gasteiger partial charge in [0.1, 0.15) is 5.75 Å². The molecular formula is C30H53ClN4O6. The Labute approximate surface area is 252 Å². The van der Waals surface area contributed by atoms with Crippen LogP contribution in [0.5, 0.6) is 5.75 Å². The van der Waals surface area contributed by atoms with Crippen molar-refractivity contribution in [2.24, 2.45) is 35.1 Å². The highest BCUT2D eigenvalue weighted by atomic mass is 35.5. The average molecular weight is 601 g/mol. The van der Waals surface area contributed by atoms with Crippen LogP contribution < -0.4 is 26.8 Å². The van der Waals surface area contributed by atoms with Crippen LogP contribution in [0.1, 0.15) is 76.6 Å². The number of nitrogens with two attached hydrogens (primary N) is 2. The van der Waals surface area contributed by atoms with E-state index in [1.54, 1.807) is 25.3 Å². The summed E-state index contributed by atoms with van der Waals surface area (Å²) in [4.78, 5) is 36.7. The number of rotatable bonds is 21. The maximum atomic E-state index is 13.0. The molecule has 1 rings (SSSR count). The van der Waals surface area contributed by atoms with Gasteiger partial charge in [0.25, 0.3) is 5.91 Å². The summed E-state index contributed by atoms with van der Waals surface area (Å²) in [5, 5.41) is 16.8. The van der Waals surface area contributed by atoms with Crippen molar-refractivity contribution in [1.82, 2.24) is 10.6 Å².